The SMILES string of the molecule is CC(C)Cc1nn(-c2ccc(F)cc2)c(Cl)c1CO. The van der Waals surface area contributed by atoms with Gasteiger partial charge >= 0.3 is 0 Å². The number of rotatable bonds is 4. The molecule has 1 N–H and O–H groups in total. The normalized spacial score (nSPS) is 11.3. The van der Waals surface area contributed by atoms with Gasteiger partial charge in [0.05, 0.1) is 18.0 Å². The van der Waals surface area contributed by atoms with Gasteiger partial charge in [0, 0.05) is 5.56 Å². The number of hydrogen-bond donors (Lipinski definition) is 1. The van der Waals surface area contributed by atoms with E-state index in [0.717, 1.165) is 12.1 Å². The van der Waals surface area contributed by atoms with Gasteiger partial charge in [0.25, 0.3) is 0 Å². The van der Waals surface area contributed by atoms with Crippen LogP contribution in [0.4, 0.5) is 4.39 Å². The Morgan fingerprint density at radius 3 is 2.47 bits per heavy atom. The minimum atomic E-state index is -0.309. The van der Waals surface area contributed by atoms with E-state index in [0.29, 0.717) is 22.3 Å². The first-order valence-electron chi connectivity index (χ1n) is 6.16. The van der Waals surface area contributed by atoms with Crippen LogP contribution in [0.15, 0.2) is 24.3 Å². The molecule has 1 aromatic carbocycles. The summed E-state index contributed by atoms with van der Waals surface area (Å²) in [5.41, 5.74) is 2.10. The highest BCUT2D eigenvalue weighted by molar-refractivity contribution is 6.30. The predicted molar refractivity (Wildman–Crippen MR) is 73.0 cm³/mol. The maximum absolute atomic E-state index is 12.9. The van der Waals surface area contributed by atoms with Gasteiger partial charge in [-0.1, -0.05) is 25.4 Å². The number of aliphatic hydroxyl groups excluding tert-OH is 1. The lowest BCUT2D eigenvalue weighted by Crippen LogP contribution is -2.00. The maximum Gasteiger partial charge on any atom is 0.138 e. The first-order valence-corrected chi connectivity index (χ1v) is 6.53. The minimum Gasteiger partial charge on any atom is -0.391 e. The van der Waals surface area contributed by atoms with Gasteiger partial charge in [0.2, 0.25) is 0 Å². The van der Waals surface area contributed by atoms with E-state index < -0.39 is 0 Å². The molecule has 0 saturated heterocycles. The summed E-state index contributed by atoms with van der Waals surface area (Å²) in [4.78, 5) is 0. The van der Waals surface area contributed by atoms with Crippen LogP contribution in [0.3, 0.4) is 0 Å². The Bertz CT molecular complexity index is 564. The van der Waals surface area contributed by atoms with Crippen molar-refractivity contribution >= 4 is 11.6 Å². The number of hydrogen-bond acceptors (Lipinski definition) is 2. The summed E-state index contributed by atoms with van der Waals surface area (Å²) in [5.74, 6) is 0.106. The van der Waals surface area contributed by atoms with Crippen molar-refractivity contribution in [2.45, 2.75) is 26.9 Å². The molecule has 0 atom stereocenters. The molecule has 0 aliphatic rings. The fourth-order valence-electron chi connectivity index (χ4n) is 1.93. The molecule has 0 fully saturated rings. The largest absolute Gasteiger partial charge is 0.391 e. The summed E-state index contributed by atoms with van der Waals surface area (Å²) in [6.07, 6.45) is 0.740. The van der Waals surface area contributed by atoms with E-state index in [1.807, 2.05) is 0 Å². The van der Waals surface area contributed by atoms with Crippen molar-refractivity contribution in [1.29, 1.82) is 0 Å². The first-order chi connectivity index (χ1) is 9.02. The molecule has 1 heterocycles. The van der Waals surface area contributed by atoms with Gasteiger partial charge in [-0.05, 0) is 36.6 Å². The molecule has 0 unspecified atom stereocenters. The zero-order valence-corrected chi connectivity index (χ0v) is 11.7. The van der Waals surface area contributed by atoms with Crippen molar-refractivity contribution in [3.8, 4) is 5.69 Å². The lowest BCUT2D eigenvalue weighted by atomic mass is 10.1. The fraction of sp³-hybridized carbons (Fsp3) is 0.357. The lowest BCUT2D eigenvalue weighted by molar-refractivity contribution is 0.280. The van der Waals surface area contributed by atoms with E-state index in [1.54, 1.807) is 12.1 Å². The molecule has 2 rings (SSSR count). The van der Waals surface area contributed by atoms with Gasteiger partial charge in [-0.3, -0.25) is 0 Å². The number of aromatic nitrogens is 2. The van der Waals surface area contributed by atoms with Crippen LogP contribution < -0.4 is 0 Å². The van der Waals surface area contributed by atoms with Crippen LogP contribution in [0.1, 0.15) is 25.1 Å². The maximum atomic E-state index is 12.9. The first kappa shape index (κ1) is 14.0. The van der Waals surface area contributed by atoms with Crippen molar-refractivity contribution in [2.24, 2.45) is 5.92 Å². The number of halogens is 2. The van der Waals surface area contributed by atoms with Crippen LogP contribution in [-0.4, -0.2) is 14.9 Å². The highest BCUT2D eigenvalue weighted by Gasteiger charge is 2.17. The Morgan fingerprint density at radius 1 is 1.32 bits per heavy atom. The van der Waals surface area contributed by atoms with E-state index in [1.165, 1.54) is 16.8 Å². The van der Waals surface area contributed by atoms with Gasteiger partial charge in [0.1, 0.15) is 11.0 Å². The highest BCUT2D eigenvalue weighted by atomic mass is 35.5. The summed E-state index contributed by atoms with van der Waals surface area (Å²) in [6, 6.07) is 5.92. The Kier molecular flexibility index (Phi) is 4.22. The van der Waals surface area contributed by atoms with Crippen LogP contribution in [0.5, 0.6) is 0 Å². The van der Waals surface area contributed by atoms with Gasteiger partial charge in [-0.2, -0.15) is 5.10 Å². The highest BCUT2D eigenvalue weighted by Crippen LogP contribution is 2.25. The van der Waals surface area contributed by atoms with E-state index in [-0.39, 0.29) is 12.4 Å². The summed E-state index contributed by atoms with van der Waals surface area (Å²) in [6.45, 7) is 4.00. The Balaban J connectivity index is 2.46. The monoisotopic (exact) mass is 282 g/mol. The lowest BCUT2D eigenvalue weighted by Gasteiger charge is -2.03. The van der Waals surface area contributed by atoms with Gasteiger partial charge in [-0.25, -0.2) is 9.07 Å². The smallest absolute Gasteiger partial charge is 0.138 e. The molecular weight excluding hydrogens is 267 g/mol. The Hall–Kier alpha value is -1.39. The molecular formula is C14H16ClFN2O. The Labute approximate surface area is 116 Å². The minimum absolute atomic E-state index is 0.151. The van der Waals surface area contributed by atoms with Crippen LogP contribution in [0, 0.1) is 11.7 Å². The predicted octanol–water partition coefficient (Wildman–Crippen LogP) is 3.36. The number of benzene rings is 1. The van der Waals surface area contributed by atoms with Crippen molar-refractivity contribution in [3.05, 3.63) is 46.5 Å². The van der Waals surface area contributed by atoms with Crippen molar-refractivity contribution < 1.29 is 9.50 Å². The molecule has 0 aliphatic heterocycles. The zero-order chi connectivity index (χ0) is 14.0. The summed E-state index contributed by atoms with van der Waals surface area (Å²) < 4.78 is 14.5. The van der Waals surface area contributed by atoms with Crippen LogP contribution in [-0.2, 0) is 13.0 Å². The van der Waals surface area contributed by atoms with Gasteiger partial charge in [0.15, 0.2) is 0 Å². The average molecular weight is 283 g/mol. The molecule has 0 radical (unpaired) electrons. The van der Waals surface area contributed by atoms with Crippen molar-refractivity contribution in [3.63, 3.8) is 0 Å². The quantitative estimate of drug-likeness (QED) is 0.934. The van der Waals surface area contributed by atoms with Crippen molar-refractivity contribution in [1.82, 2.24) is 9.78 Å². The molecule has 0 spiro atoms. The van der Waals surface area contributed by atoms with Gasteiger partial charge < -0.3 is 5.11 Å². The molecule has 2 aromatic rings. The zero-order valence-electron chi connectivity index (χ0n) is 10.9. The summed E-state index contributed by atoms with van der Waals surface area (Å²) >= 11 is 6.23. The standard InChI is InChI=1S/C14H16ClFN2O/c1-9(2)7-13-12(8-19)14(15)18(17-13)11-5-3-10(16)4-6-11/h3-6,9,19H,7-8H2,1-2H3. The van der Waals surface area contributed by atoms with E-state index in [4.69, 9.17) is 11.6 Å². The van der Waals surface area contributed by atoms with Crippen LogP contribution in [0.2, 0.25) is 5.15 Å². The van der Waals surface area contributed by atoms with E-state index >= 15 is 0 Å². The second-order valence-electron chi connectivity index (χ2n) is 4.86. The van der Waals surface area contributed by atoms with E-state index in [2.05, 4.69) is 18.9 Å². The molecule has 0 amide bonds. The second kappa shape index (κ2) is 5.72. The third-order valence-corrected chi connectivity index (χ3v) is 3.22. The number of nitrogens with zero attached hydrogens (tertiary/aromatic N) is 2. The second-order valence-corrected chi connectivity index (χ2v) is 5.22. The van der Waals surface area contributed by atoms with Crippen LogP contribution in [0.25, 0.3) is 5.69 Å². The fourth-order valence-corrected chi connectivity index (χ4v) is 2.24. The Morgan fingerprint density at radius 2 is 1.95 bits per heavy atom. The molecule has 0 aliphatic carbocycles. The average Bonchev–Trinajstić information content (AvgIpc) is 2.66. The van der Waals surface area contributed by atoms with Gasteiger partial charge in [-0.15, -0.1) is 0 Å². The summed E-state index contributed by atoms with van der Waals surface area (Å²) in [5, 5.41) is 14.2. The molecule has 102 valence electrons. The van der Waals surface area contributed by atoms with E-state index in [9.17, 15) is 9.50 Å². The molecule has 1 aromatic heterocycles. The number of aliphatic hydroxyl groups is 1. The van der Waals surface area contributed by atoms with Crippen molar-refractivity contribution in [2.75, 3.05) is 0 Å². The molecule has 0 bridgehead atoms. The topological polar surface area (TPSA) is 38.0 Å². The molecule has 0 saturated carbocycles. The van der Waals surface area contributed by atoms with Crippen LogP contribution >= 0.6 is 11.6 Å². The molecule has 3 nitrogen and oxygen atoms in total. The third-order valence-electron chi connectivity index (χ3n) is 2.83. The third kappa shape index (κ3) is 2.96. The molecule has 5 heteroatoms. The molecule has 19 heavy (non-hydrogen) atoms. The summed E-state index contributed by atoms with van der Waals surface area (Å²) in [7, 11) is 0.